The number of rotatable bonds is 6. The standard InChI is InChI=1S/C18H21N3O2S/c1-21(10-12-6-3-2-4-7-12)11-15(22)20-18-16(17(19)23)13-8-5-9-14(13)24-18/h2-4,6-7H,5,8-11H2,1H3,(H2,19,23)(H,20,22)/p+1. The predicted octanol–water partition coefficient (Wildman–Crippen LogP) is 0.989. The fraction of sp³-hybridized carbons (Fsp3) is 0.333. The van der Waals surface area contributed by atoms with Gasteiger partial charge in [-0.3, -0.25) is 9.59 Å². The molecule has 0 radical (unpaired) electrons. The van der Waals surface area contributed by atoms with Gasteiger partial charge >= 0.3 is 0 Å². The molecular formula is C18H22N3O2S+. The summed E-state index contributed by atoms with van der Waals surface area (Å²) in [5, 5.41) is 3.51. The van der Waals surface area contributed by atoms with E-state index in [0.717, 1.165) is 36.3 Å². The Labute approximate surface area is 145 Å². The zero-order valence-electron chi connectivity index (χ0n) is 13.7. The van der Waals surface area contributed by atoms with Crippen LogP contribution in [0, 0.1) is 0 Å². The van der Waals surface area contributed by atoms with Crippen molar-refractivity contribution in [3.05, 3.63) is 51.9 Å². The number of nitrogens with one attached hydrogen (secondary N) is 2. The lowest BCUT2D eigenvalue weighted by molar-refractivity contribution is -0.885. The molecule has 0 bridgehead atoms. The molecule has 6 heteroatoms. The lowest BCUT2D eigenvalue weighted by Crippen LogP contribution is -3.08. The van der Waals surface area contributed by atoms with E-state index in [0.29, 0.717) is 17.1 Å². The molecule has 2 aromatic rings. The average Bonchev–Trinajstić information content (AvgIpc) is 3.07. The van der Waals surface area contributed by atoms with Crippen molar-refractivity contribution in [2.45, 2.75) is 25.8 Å². The third-order valence-corrected chi connectivity index (χ3v) is 5.44. The number of aryl methyl sites for hydroxylation is 1. The number of anilines is 1. The van der Waals surface area contributed by atoms with Gasteiger partial charge in [-0.15, -0.1) is 11.3 Å². The van der Waals surface area contributed by atoms with Crippen LogP contribution < -0.4 is 16.0 Å². The molecule has 1 unspecified atom stereocenters. The largest absolute Gasteiger partial charge is 0.365 e. The van der Waals surface area contributed by atoms with Crippen LogP contribution >= 0.6 is 11.3 Å². The van der Waals surface area contributed by atoms with E-state index in [1.54, 1.807) is 0 Å². The maximum atomic E-state index is 12.3. The number of hydrogen-bond acceptors (Lipinski definition) is 3. The van der Waals surface area contributed by atoms with E-state index >= 15 is 0 Å². The first-order chi connectivity index (χ1) is 11.5. The highest BCUT2D eigenvalue weighted by Gasteiger charge is 2.26. The summed E-state index contributed by atoms with van der Waals surface area (Å²) in [5.41, 5.74) is 8.26. The third-order valence-electron chi connectivity index (χ3n) is 4.23. The minimum atomic E-state index is -0.449. The molecule has 126 valence electrons. The van der Waals surface area contributed by atoms with Crippen molar-refractivity contribution >= 4 is 28.2 Å². The number of fused-ring (bicyclic) bond motifs is 1. The smallest absolute Gasteiger partial charge is 0.280 e. The second-order valence-corrected chi connectivity index (χ2v) is 7.38. The summed E-state index contributed by atoms with van der Waals surface area (Å²) in [5.74, 6) is -0.541. The molecule has 5 nitrogen and oxygen atoms in total. The zero-order valence-corrected chi connectivity index (χ0v) is 14.5. The highest BCUT2D eigenvalue weighted by Crippen LogP contribution is 2.38. The van der Waals surface area contributed by atoms with Crippen molar-refractivity contribution in [3.63, 3.8) is 0 Å². The molecule has 1 aromatic heterocycles. The van der Waals surface area contributed by atoms with E-state index in [1.807, 2.05) is 25.2 Å². The van der Waals surface area contributed by atoms with Gasteiger partial charge < -0.3 is 16.0 Å². The van der Waals surface area contributed by atoms with Gasteiger partial charge in [-0.2, -0.15) is 0 Å². The molecule has 0 spiro atoms. The van der Waals surface area contributed by atoms with Gasteiger partial charge in [0.1, 0.15) is 11.5 Å². The molecule has 0 aliphatic heterocycles. The number of hydrogen-bond donors (Lipinski definition) is 3. The Morgan fingerprint density at radius 2 is 2.00 bits per heavy atom. The molecule has 1 aromatic carbocycles. The van der Waals surface area contributed by atoms with Gasteiger partial charge in [0.05, 0.1) is 12.6 Å². The first-order valence-electron chi connectivity index (χ1n) is 8.14. The first kappa shape index (κ1) is 16.7. The molecule has 2 amide bonds. The molecule has 4 N–H and O–H groups in total. The number of thiophene rings is 1. The minimum Gasteiger partial charge on any atom is -0.365 e. The Morgan fingerprint density at radius 1 is 1.25 bits per heavy atom. The number of nitrogens with two attached hydrogens (primary N) is 1. The van der Waals surface area contributed by atoms with Gasteiger partial charge in [-0.05, 0) is 24.8 Å². The fourth-order valence-electron chi connectivity index (χ4n) is 3.20. The summed E-state index contributed by atoms with van der Waals surface area (Å²) in [6.45, 7) is 1.12. The quantitative estimate of drug-likeness (QED) is 0.731. The minimum absolute atomic E-state index is 0.0918. The molecule has 0 saturated heterocycles. The van der Waals surface area contributed by atoms with Crippen LogP contribution in [0.3, 0.4) is 0 Å². The summed E-state index contributed by atoms with van der Waals surface area (Å²) in [7, 11) is 1.98. The van der Waals surface area contributed by atoms with Gasteiger partial charge in [-0.25, -0.2) is 0 Å². The van der Waals surface area contributed by atoms with Crippen LogP contribution in [-0.2, 0) is 24.2 Å². The van der Waals surface area contributed by atoms with Crippen LogP contribution in [0.15, 0.2) is 30.3 Å². The Bertz CT molecular complexity index is 755. The van der Waals surface area contributed by atoms with E-state index in [2.05, 4.69) is 17.4 Å². The maximum Gasteiger partial charge on any atom is 0.280 e. The topological polar surface area (TPSA) is 76.6 Å². The van der Waals surface area contributed by atoms with Crippen LogP contribution in [0.5, 0.6) is 0 Å². The predicted molar refractivity (Wildman–Crippen MR) is 95.4 cm³/mol. The first-order valence-corrected chi connectivity index (χ1v) is 8.95. The van der Waals surface area contributed by atoms with Crippen LogP contribution in [-0.4, -0.2) is 25.4 Å². The van der Waals surface area contributed by atoms with E-state index < -0.39 is 5.91 Å². The Kier molecular flexibility index (Phi) is 4.97. The SMILES string of the molecule is C[NH+](CC(=O)Nc1sc2c(c1C(N)=O)CCC2)Cc1ccccc1. The number of benzene rings is 1. The lowest BCUT2D eigenvalue weighted by atomic mass is 10.1. The maximum absolute atomic E-state index is 12.3. The highest BCUT2D eigenvalue weighted by atomic mass is 32.1. The van der Waals surface area contributed by atoms with Crippen molar-refractivity contribution in [2.75, 3.05) is 18.9 Å². The summed E-state index contributed by atoms with van der Waals surface area (Å²) >= 11 is 1.49. The highest BCUT2D eigenvalue weighted by molar-refractivity contribution is 7.17. The lowest BCUT2D eigenvalue weighted by Gasteiger charge is -2.14. The van der Waals surface area contributed by atoms with E-state index in [-0.39, 0.29) is 5.91 Å². The molecule has 1 heterocycles. The number of quaternary nitrogens is 1. The molecule has 0 saturated carbocycles. The summed E-state index contributed by atoms with van der Waals surface area (Å²) in [6, 6.07) is 10.1. The monoisotopic (exact) mass is 344 g/mol. The van der Waals surface area contributed by atoms with Crippen molar-refractivity contribution < 1.29 is 14.5 Å². The van der Waals surface area contributed by atoms with Gasteiger partial charge in [0.2, 0.25) is 0 Å². The molecule has 3 rings (SSSR count). The van der Waals surface area contributed by atoms with Crippen molar-refractivity contribution in [1.82, 2.24) is 0 Å². The molecule has 1 aliphatic rings. The molecule has 0 fully saturated rings. The summed E-state index contributed by atoms with van der Waals surface area (Å²) in [6.07, 6.45) is 2.90. The number of carbonyl (C=O) groups is 2. The normalized spacial score (nSPS) is 14.2. The summed E-state index contributed by atoms with van der Waals surface area (Å²) in [4.78, 5) is 26.4. The van der Waals surface area contributed by atoms with Crippen molar-refractivity contribution in [2.24, 2.45) is 5.73 Å². The Hall–Kier alpha value is -2.18. The van der Waals surface area contributed by atoms with E-state index in [9.17, 15) is 9.59 Å². The number of primary amides is 1. The van der Waals surface area contributed by atoms with Crippen LogP contribution in [0.2, 0.25) is 0 Å². The van der Waals surface area contributed by atoms with Crippen LogP contribution in [0.25, 0.3) is 0 Å². The second kappa shape index (κ2) is 7.15. The van der Waals surface area contributed by atoms with Crippen molar-refractivity contribution in [1.29, 1.82) is 0 Å². The number of carbonyl (C=O) groups excluding carboxylic acids is 2. The van der Waals surface area contributed by atoms with Gasteiger partial charge in [-0.1, -0.05) is 30.3 Å². The fourth-order valence-corrected chi connectivity index (χ4v) is 4.52. The Balaban J connectivity index is 1.64. The van der Waals surface area contributed by atoms with Gasteiger partial charge in [0.15, 0.2) is 6.54 Å². The number of likely N-dealkylation sites (N-methyl/N-ethyl adjacent to an activating group) is 1. The molecule has 1 aliphatic carbocycles. The van der Waals surface area contributed by atoms with E-state index in [1.165, 1.54) is 21.8 Å². The molecule has 24 heavy (non-hydrogen) atoms. The van der Waals surface area contributed by atoms with E-state index in [4.69, 9.17) is 5.73 Å². The molecular weight excluding hydrogens is 322 g/mol. The van der Waals surface area contributed by atoms with Crippen LogP contribution in [0.1, 0.15) is 32.8 Å². The van der Waals surface area contributed by atoms with Gasteiger partial charge in [0.25, 0.3) is 11.8 Å². The van der Waals surface area contributed by atoms with Crippen LogP contribution in [0.4, 0.5) is 5.00 Å². The second-order valence-electron chi connectivity index (χ2n) is 6.27. The molecule has 1 atom stereocenters. The van der Waals surface area contributed by atoms with Gasteiger partial charge in [0, 0.05) is 10.4 Å². The summed E-state index contributed by atoms with van der Waals surface area (Å²) < 4.78 is 0. The average molecular weight is 344 g/mol. The third kappa shape index (κ3) is 3.66. The zero-order chi connectivity index (χ0) is 17.1. The Morgan fingerprint density at radius 3 is 2.71 bits per heavy atom. The number of amides is 2. The van der Waals surface area contributed by atoms with Crippen molar-refractivity contribution in [3.8, 4) is 0 Å².